The highest BCUT2D eigenvalue weighted by molar-refractivity contribution is 6.39. The summed E-state index contributed by atoms with van der Waals surface area (Å²) in [7, 11) is 0. The highest BCUT2D eigenvalue weighted by Crippen LogP contribution is 2.49. The van der Waals surface area contributed by atoms with E-state index in [-0.39, 0.29) is 23.2 Å². The number of nitrogens with one attached hydrogen (secondary N) is 1. The third-order valence-electron chi connectivity index (χ3n) is 7.77. The molecule has 0 saturated carbocycles. The molecule has 5 nitrogen and oxygen atoms in total. The van der Waals surface area contributed by atoms with Gasteiger partial charge in [0.15, 0.2) is 17.3 Å². The number of carbonyl (C=O) groups excluding carboxylic acids is 2. The molecule has 6 rings (SSSR count). The first kappa shape index (κ1) is 26.8. The molecular weight excluding hydrogens is 522 g/mol. The number of allylic oxidation sites excluding steroid dienone is 1. The lowest BCUT2D eigenvalue weighted by Gasteiger charge is -2.15. The van der Waals surface area contributed by atoms with E-state index in [1.54, 1.807) is 37.3 Å². The average Bonchev–Trinajstić information content (AvgIpc) is 3.37. The molecule has 1 aliphatic carbocycles. The number of carbonyl (C=O) groups is 2. The lowest BCUT2D eigenvalue weighted by Crippen LogP contribution is -2.25. The first-order valence-electron chi connectivity index (χ1n) is 13.9. The van der Waals surface area contributed by atoms with Crippen molar-refractivity contribution < 1.29 is 19.8 Å². The van der Waals surface area contributed by atoms with Crippen LogP contribution in [-0.2, 0) is 6.42 Å². The van der Waals surface area contributed by atoms with Gasteiger partial charge >= 0.3 is 0 Å². The molecule has 0 fully saturated rings. The van der Waals surface area contributed by atoms with E-state index in [2.05, 4.69) is 5.32 Å². The van der Waals surface area contributed by atoms with Crippen molar-refractivity contribution in [1.82, 2.24) is 5.32 Å². The molecule has 0 atom stereocenters. The number of hydrogen-bond donors (Lipinski definition) is 3. The van der Waals surface area contributed by atoms with Crippen LogP contribution in [0.3, 0.4) is 0 Å². The number of benzene rings is 5. The fraction of sp³-hybridized carbons (Fsp3) is 0.0811. The van der Waals surface area contributed by atoms with E-state index in [0.29, 0.717) is 51.1 Å². The van der Waals surface area contributed by atoms with Crippen LogP contribution in [0.15, 0.2) is 109 Å². The minimum atomic E-state index is -0.304. The van der Waals surface area contributed by atoms with Gasteiger partial charge in [0.2, 0.25) is 0 Å². The van der Waals surface area contributed by atoms with Crippen molar-refractivity contribution >= 4 is 23.3 Å². The molecule has 1 aliphatic rings. The van der Waals surface area contributed by atoms with Crippen molar-refractivity contribution in [1.29, 1.82) is 0 Å². The van der Waals surface area contributed by atoms with Crippen molar-refractivity contribution in [2.75, 3.05) is 6.54 Å². The second-order valence-corrected chi connectivity index (χ2v) is 10.4. The summed E-state index contributed by atoms with van der Waals surface area (Å²) < 4.78 is 0. The third-order valence-corrected chi connectivity index (χ3v) is 7.77. The van der Waals surface area contributed by atoms with Gasteiger partial charge in [0, 0.05) is 34.4 Å². The van der Waals surface area contributed by atoms with Crippen LogP contribution in [-0.4, -0.2) is 28.4 Å². The van der Waals surface area contributed by atoms with E-state index in [1.807, 2.05) is 84.9 Å². The van der Waals surface area contributed by atoms with Crippen LogP contribution in [0.4, 0.5) is 0 Å². The largest absolute Gasteiger partial charge is 0.504 e. The van der Waals surface area contributed by atoms with Crippen LogP contribution < -0.4 is 5.32 Å². The van der Waals surface area contributed by atoms with Crippen molar-refractivity contribution in [2.24, 2.45) is 0 Å². The van der Waals surface area contributed by atoms with Gasteiger partial charge < -0.3 is 15.5 Å². The van der Waals surface area contributed by atoms with E-state index >= 15 is 0 Å². The molecule has 1 amide bonds. The second kappa shape index (κ2) is 11.2. The number of phenolic OH excluding ortho intramolecular Hbond substituents is 2. The SMILES string of the molecule is Cc1c(O)c(O)c(-c2ccc(-c3ccccc3)cc2)c2c1C(=O)C(c1ccc(C(=O)NCCc3ccccc3)cc1)=C2. The summed E-state index contributed by atoms with van der Waals surface area (Å²) >= 11 is 0. The zero-order valence-corrected chi connectivity index (χ0v) is 23.1. The van der Waals surface area contributed by atoms with Crippen LogP contribution >= 0.6 is 0 Å². The first-order valence-corrected chi connectivity index (χ1v) is 13.9. The summed E-state index contributed by atoms with van der Waals surface area (Å²) in [6.07, 6.45) is 2.50. The predicted octanol–water partition coefficient (Wildman–Crippen LogP) is 7.45. The predicted molar refractivity (Wildman–Crippen MR) is 167 cm³/mol. The van der Waals surface area contributed by atoms with E-state index in [1.165, 1.54) is 0 Å². The van der Waals surface area contributed by atoms with Crippen molar-refractivity contribution in [3.8, 4) is 33.8 Å². The van der Waals surface area contributed by atoms with E-state index in [9.17, 15) is 19.8 Å². The Balaban J connectivity index is 1.28. The maximum absolute atomic E-state index is 13.7. The first-order chi connectivity index (χ1) is 20.4. The number of aromatic hydroxyl groups is 2. The summed E-state index contributed by atoms with van der Waals surface area (Å²) in [4.78, 5) is 26.4. The number of Topliss-reactive ketones (excluding diaryl/α,β-unsaturated/α-hetero) is 1. The monoisotopic (exact) mass is 551 g/mol. The second-order valence-electron chi connectivity index (χ2n) is 10.4. The molecule has 0 aliphatic heterocycles. The fourth-order valence-corrected chi connectivity index (χ4v) is 5.49. The van der Waals surface area contributed by atoms with Crippen LogP contribution in [0, 0.1) is 6.92 Å². The molecule has 0 spiro atoms. The Morgan fingerprint density at radius 1 is 0.667 bits per heavy atom. The average molecular weight is 552 g/mol. The Morgan fingerprint density at radius 3 is 1.90 bits per heavy atom. The Morgan fingerprint density at radius 2 is 1.24 bits per heavy atom. The Labute approximate surface area is 244 Å². The van der Waals surface area contributed by atoms with Crippen LogP contribution in [0.2, 0.25) is 0 Å². The minimum Gasteiger partial charge on any atom is -0.504 e. The smallest absolute Gasteiger partial charge is 0.251 e. The van der Waals surface area contributed by atoms with Gasteiger partial charge in [0.25, 0.3) is 5.91 Å². The standard InChI is InChI=1S/C37H29NO4/c1-23-32-31(33(36(41)34(23)39)28-16-12-26(13-17-28)25-10-6-3-7-11-25)22-30(35(32)40)27-14-18-29(19-15-27)37(42)38-21-20-24-8-4-2-5-9-24/h2-19,22,39,41H,20-21H2,1H3,(H,38,42). The van der Waals surface area contributed by atoms with Gasteiger partial charge in [0.05, 0.1) is 0 Å². The molecule has 0 unspecified atom stereocenters. The molecule has 0 saturated heterocycles. The summed E-state index contributed by atoms with van der Waals surface area (Å²) in [6, 6.07) is 34.5. The molecule has 5 heteroatoms. The Bertz CT molecular complexity index is 1820. The molecule has 3 N–H and O–H groups in total. The molecule has 5 aromatic rings. The highest BCUT2D eigenvalue weighted by Gasteiger charge is 2.32. The van der Waals surface area contributed by atoms with Gasteiger partial charge in [0.1, 0.15) is 0 Å². The normalized spacial score (nSPS) is 12.1. The van der Waals surface area contributed by atoms with Crippen molar-refractivity contribution in [3.05, 3.63) is 143 Å². The third kappa shape index (κ3) is 4.97. The number of rotatable bonds is 7. The maximum Gasteiger partial charge on any atom is 0.251 e. The molecule has 5 aromatic carbocycles. The van der Waals surface area contributed by atoms with Gasteiger partial charge in [-0.2, -0.15) is 0 Å². The van der Waals surface area contributed by atoms with Crippen LogP contribution in [0.5, 0.6) is 11.5 Å². The van der Waals surface area contributed by atoms with Crippen LogP contribution in [0.25, 0.3) is 33.9 Å². The van der Waals surface area contributed by atoms with E-state index < -0.39 is 0 Å². The molecule has 0 aromatic heterocycles. The Hall–Kier alpha value is -5.42. The van der Waals surface area contributed by atoms with Crippen LogP contribution in [0.1, 0.15) is 43.0 Å². The number of fused-ring (bicyclic) bond motifs is 1. The van der Waals surface area contributed by atoms with Gasteiger partial charge in [-0.3, -0.25) is 9.59 Å². The lowest BCUT2D eigenvalue weighted by molar-refractivity contribution is 0.0953. The molecular formula is C37H29NO4. The van der Waals surface area contributed by atoms with Gasteiger partial charge in [-0.1, -0.05) is 97.1 Å². The summed E-state index contributed by atoms with van der Waals surface area (Å²) in [5.41, 5.74) is 7.19. The van der Waals surface area contributed by atoms with E-state index in [0.717, 1.165) is 23.1 Å². The fourth-order valence-electron chi connectivity index (χ4n) is 5.49. The highest BCUT2D eigenvalue weighted by atomic mass is 16.3. The quantitative estimate of drug-likeness (QED) is 0.183. The van der Waals surface area contributed by atoms with Gasteiger partial charge in [-0.15, -0.1) is 0 Å². The summed E-state index contributed by atoms with van der Waals surface area (Å²) in [6.45, 7) is 2.15. The zero-order valence-electron chi connectivity index (χ0n) is 23.1. The molecule has 42 heavy (non-hydrogen) atoms. The van der Waals surface area contributed by atoms with Crippen molar-refractivity contribution in [3.63, 3.8) is 0 Å². The molecule has 0 radical (unpaired) electrons. The summed E-state index contributed by atoms with van der Waals surface area (Å²) in [5, 5.41) is 24.8. The number of hydrogen-bond acceptors (Lipinski definition) is 4. The molecule has 0 bridgehead atoms. The lowest BCUT2D eigenvalue weighted by atomic mass is 9.90. The van der Waals surface area contributed by atoms with Crippen molar-refractivity contribution in [2.45, 2.75) is 13.3 Å². The van der Waals surface area contributed by atoms with E-state index in [4.69, 9.17) is 0 Å². The minimum absolute atomic E-state index is 0.181. The topological polar surface area (TPSA) is 86.6 Å². The number of ketones is 1. The molecule has 206 valence electrons. The maximum atomic E-state index is 13.7. The molecule has 0 heterocycles. The number of amides is 1. The number of phenols is 2. The van der Waals surface area contributed by atoms with Gasteiger partial charge in [-0.05, 0) is 64.9 Å². The zero-order chi connectivity index (χ0) is 29.2. The Kier molecular flexibility index (Phi) is 7.16. The van der Waals surface area contributed by atoms with Gasteiger partial charge in [-0.25, -0.2) is 0 Å². The summed E-state index contributed by atoms with van der Waals surface area (Å²) in [5.74, 6) is -0.979.